The molecule has 0 aliphatic carbocycles. The third-order valence-corrected chi connectivity index (χ3v) is 4.72. The van der Waals surface area contributed by atoms with Crippen LogP contribution >= 0.6 is 15.9 Å². The van der Waals surface area contributed by atoms with Crippen molar-refractivity contribution in [3.05, 3.63) is 35.4 Å². The van der Waals surface area contributed by atoms with Crippen LogP contribution in [0.5, 0.6) is 0 Å². The monoisotopic (exact) mass is 311 g/mol. The van der Waals surface area contributed by atoms with Crippen LogP contribution in [0.1, 0.15) is 44.9 Å². The van der Waals surface area contributed by atoms with Crippen molar-refractivity contribution in [2.45, 2.75) is 45.5 Å². The van der Waals surface area contributed by atoms with E-state index in [-0.39, 0.29) is 22.2 Å². The van der Waals surface area contributed by atoms with Crippen LogP contribution in [0.2, 0.25) is 0 Å². The quantitative estimate of drug-likeness (QED) is 0.840. The van der Waals surface area contributed by atoms with Gasteiger partial charge >= 0.3 is 0 Å². The summed E-state index contributed by atoms with van der Waals surface area (Å²) in [5.74, 6) is 0.0376. The molecule has 1 aromatic carbocycles. The van der Waals surface area contributed by atoms with Crippen LogP contribution in [0.3, 0.4) is 0 Å². The molecule has 18 heavy (non-hydrogen) atoms. The third kappa shape index (κ3) is 4.13. The summed E-state index contributed by atoms with van der Waals surface area (Å²) in [6, 6.07) is 8.27. The van der Waals surface area contributed by atoms with Crippen molar-refractivity contribution in [1.29, 1.82) is 0 Å². The molecule has 0 heterocycles. The second-order valence-corrected chi connectivity index (χ2v) is 6.79. The molecule has 100 valence electrons. The van der Waals surface area contributed by atoms with Gasteiger partial charge in [0.1, 0.15) is 0 Å². The molecule has 0 aromatic heterocycles. The fraction of sp³-hybridized carbons (Fsp3) is 0.533. The van der Waals surface area contributed by atoms with E-state index < -0.39 is 0 Å². The van der Waals surface area contributed by atoms with E-state index in [2.05, 4.69) is 52.4 Å². The molecule has 2 unspecified atom stereocenters. The van der Waals surface area contributed by atoms with Gasteiger partial charge < -0.3 is 5.32 Å². The Morgan fingerprint density at radius 1 is 1.22 bits per heavy atom. The number of hydrogen-bond donors (Lipinski definition) is 1. The molecule has 1 N–H and O–H groups in total. The molecule has 2 atom stereocenters. The molecule has 0 aliphatic heterocycles. The minimum Gasteiger partial charge on any atom is -0.349 e. The number of alkyl halides is 1. The predicted octanol–water partition coefficient (Wildman–Crippen LogP) is 3.98. The number of hydrogen-bond acceptors (Lipinski definition) is 1. The smallest absolute Gasteiger partial charge is 0.234 e. The van der Waals surface area contributed by atoms with Gasteiger partial charge in [-0.05, 0) is 24.8 Å². The summed E-state index contributed by atoms with van der Waals surface area (Å²) in [7, 11) is 0. The van der Waals surface area contributed by atoms with Gasteiger partial charge in [-0.1, -0.05) is 66.5 Å². The molecular weight excluding hydrogens is 290 g/mol. The lowest BCUT2D eigenvalue weighted by Crippen LogP contribution is -2.39. The summed E-state index contributed by atoms with van der Waals surface area (Å²) in [5, 5.41) is 3.04. The van der Waals surface area contributed by atoms with E-state index in [4.69, 9.17) is 0 Å². The summed E-state index contributed by atoms with van der Waals surface area (Å²) in [6.07, 6.45) is 0. The first kappa shape index (κ1) is 15.2. The van der Waals surface area contributed by atoms with Crippen LogP contribution < -0.4 is 5.32 Å². The van der Waals surface area contributed by atoms with Crippen LogP contribution in [0.25, 0.3) is 0 Å². The van der Waals surface area contributed by atoms with E-state index >= 15 is 0 Å². The van der Waals surface area contributed by atoms with Gasteiger partial charge in [0.2, 0.25) is 5.91 Å². The van der Waals surface area contributed by atoms with E-state index in [1.807, 2.05) is 27.7 Å². The number of aryl methyl sites for hydroxylation is 1. The lowest BCUT2D eigenvalue weighted by Gasteiger charge is -2.26. The molecule has 1 aromatic rings. The molecule has 0 saturated heterocycles. The second kappa shape index (κ2) is 5.87. The highest BCUT2D eigenvalue weighted by atomic mass is 79.9. The summed E-state index contributed by atoms with van der Waals surface area (Å²) in [5.41, 5.74) is 2.27. The lowest BCUT2D eigenvalue weighted by molar-refractivity contribution is -0.122. The first-order valence-corrected chi connectivity index (χ1v) is 7.14. The van der Waals surface area contributed by atoms with Crippen LogP contribution in [0.15, 0.2) is 24.3 Å². The van der Waals surface area contributed by atoms with Crippen LogP contribution in [0.4, 0.5) is 0 Å². The maximum atomic E-state index is 12.1. The third-order valence-electron chi connectivity index (χ3n) is 2.93. The normalized spacial score (nSPS) is 15.0. The van der Waals surface area contributed by atoms with Crippen molar-refractivity contribution in [3.8, 4) is 0 Å². The number of halogens is 1. The van der Waals surface area contributed by atoms with Crippen molar-refractivity contribution < 1.29 is 4.79 Å². The standard InChI is InChI=1S/C15H22BrNO/c1-10-6-8-12(9-7-10)11(2)17-14(18)13(16)15(3,4)5/h6-9,11,13H,1-5H3,(H,17,18). The molecule has 0 aliphatic rings. The zero-order valence-electron chi connectivity index (χ0n) is 11.8. The van der Waals surface area contributed by atoms with Gasteiger partial charge in [-0.2, -0.15) is 0 Å². The van der Waals surface area contributed by atoms with Gasteiger partial charge in [-0.15, -0.1) is 0 Å². The highest BCUT2D eigenvalue weighted by Crippen LogP contribution is 2.27. The molecule has 0 bridgehead atoms. The highest BCUT2D eigenvalue weighted by Gasteiger charge is 2.29. The Balaban J connectivity index is 2.68. The first-order valence-electron chi connectivity index (χ1n) is 6.23. The zero-order chi connectivity index (χ0) is 13.9. The molecule has 0 radical (unpaired) electrons. The second-order valence-electron chi connectivity index (χ2n) is 5.87. The number of carbonyl (C=O) groups is 1. The number of carbonyl (C=O) groups excluding carboxylic acids is 1. The van der Waals surface area contributed by atoms with Gasteiger partial charge in [0.15, 0.2) is 0 Å². The van der Waals surface area contributed by atoms with Crippen LogP contribution in [-0.4, -0.2) is 10.7 Å². The average molecular weight is 312 g/mol. The van der Waals surface area contributed by atoms with Crippen molar-refractivity contribution >= 4 is 21.8 Å². The summed E-state index contributed by atoms with van der Waals surface area (Å²) in [6.45, 7) is 10.2. The minimum absolute atomic E-state index is 0.0282. The Kier molecular flexibility index (Phi) is 4.97. The molecule has 0 saturated carbocycles. The number of benzene rings is 1. The number of nitrogens with one attached hydrogen (secondary N) is 1. The van der Waals surface area contributed by atoms with Gasteiger partial charge in [-0.3, -0.25) is 4.79 Å². The zero-order valence-corrected chi connectivity index (χ0v) is 13.3. The molecule has 2 nitrogen and oxygen atoms in total. The molecular formula is C15H22BrNO. The topological polar surface area (TPSA) is 29.1 Å². The first-order chi connectivity index (χ1) is 8.21. The van der Waals surface area contributed by atoms with Crippen molar-refractivity contribution in [2.75, 3.05) is 0 Å². The van der Waals surface area contributed by atoms with Crippen molar-refractivity contribution in [2.24, 2.45) is 5.41 Å². The fourth-order valence-electron chi connectivity index (χ4n) is 1.62. The Morgan fingerprint density at radius 2 is 1.72 bits per heavy atom. The fourth-order valence-corrected chi connectivity index (χ4v) is 1.75. The molecule has 3 heteroatoms. The van der Waals surface area contributed by atoms with Crippen molar-refractivity contribution in [1.82, 2.24) is 5.32 Å². The van der Waals surface area contributed by atoms with E-state index in [9.17, 15) is 4.79 Å². The number of rotatable bonds is 3. The summed E-state index contributed by atoms with van der Waals surface area (Å²) in [4.78, 5) is 11.9. The van der Waals surface area contributed by atoms with Gasteiger partial charge in [0.25, 0.3) is 0 Å². The Hall–Kier alpha value is -0.830. The predicted molar refractivity (Wildman–Crippen MR) is 79.9 cm³/mol. The Morgan fingerprint density at radius 3 is 2.17 bits per heavy atom. The molecule has 1 amide bonds. The summed E-state index contributed by atoms with van der Waals surface area (Å²) >= 11 is 3.46. The molecule has 0 fully saturated rings. The number of amides is 1. The Bertz CT molecular complexity index is 405. The average Bonchev–Trinajstić information content (AvgIpc) is 2.27. The molecule has 1 rings (SSSR count). The summed E-state index contributed by atoms with van der Waals surface area (Å²) < 4.78 is 0. The van der Waals surface area contributed by atoms with Gasteiger partial charge in [-0.25, -0.2) is 0 Å². The SMILES string of the molecule is Cc1ccc(C(C)NC(=O)C(Br)C(C)(C)C)cc1. The Labute approximate surface area is 118 Å². The van der Waals surface area contributed by atoms with Crippen LogP contribution in [0, 0.1) is 12.3 Å². The van der Waals surface area contributed by atoms with E-state index in [1.165, 1.54) is 5.56 Å². The van der Waals surface area contributed by atoms with Gasteiger partial charge in [0.05, 0.1) is 10.9 Å². The van der Waals surface area contributed by atoms with E-state index in [1.54, 1.807) is 0 Å². The maximum absolute atomic E-state index is 12.1. The largest absolute Gasteiger partial charge is 0.349 e. The van der Waals surface area contributed by atoms with Crippen molar-refractivity contribution in [3.63, 3.8) is 0 Å². The lowest BCUT2D eigenvalue weighted by atomic mass is 9.91. The highest BCUT2D eigenvalue weighted by molar-refractivity contribution is 9.10. The molecule has 0 spiro atoms. The minimum atomic E-state index is -0.183. The van der Waals surface area contributed by atoms with E-state index in [0.717, 1.165) is 5.56 Å². The van der Waals surface area contributed by atoms with Gasteiger partial charge in [0, 0.05) is 0 Å². The maximum Gasteiger partial charge on any atom is 0.234 e. The van der Waals surface area contributed by atoms with Crippen LogP contribution in [-0.2, 0) is 4.79 Å². The van der Waals surface area contributed by atoms with E-state index in [0.29, 0.717) is 0 Å².